The fourth-order valence-corrected chi connectivity index (χ4v) is 3.35. The Morgan fingerprint density at radius 1 is 1.10 bits per heavy atom. The topological polar surface area (TPSA) is 101 Å². The zero-order chi connectivity index (χ0) is 22.1. The number of carbonyl (C=O) groups is 1. The first-order valence-corrected chi connectivity index (χ1v) is 9.78. The number of nitrogens with zero attached hydrogens (tertiary/aromatic N) is 2. The van der Waals surface area contributed by atoms with E-state index in [0.29, 0.717) is 22.9 Å². The lowest BCUT2D eigenvalue weighted by Crippen LogP contribution is -2.17. The Balaban J connectivity index is 1.81. The van der Waals surface area contributed by atoms with E-state index >= 15 is 0 Å². The zero-order valence-corrected chi connectivity index (χ0v) is 17.7. The molecule has 0 aliphatic rings. The number of fused-ring (bicyclic) bond motifs is 1. The lowest BCUT2D eigenvalue weighted by molar-refractivity contribution is 0.102. The van der Waals surface area contributed by atoms with Crippen molar-refractivity contribution >= 4 is 28.7 Å². The number of nitrogens with one attached hydrogen (secondary N) is 3. The molecule has 2 aromatic carbocycles. The molecule has 2 aromatic heterocycles. The number of H-pyrrole nitrogens is 1. The Labute approximate surface area is 178 Å². The minimum Gasteiger partial charge on any atom is -0.497 e. The first-order chi connectivity index (χ1) is 14.9. The maximum absolute atomic E-state index is 13.3. The maximum atomic E-state index is 13.3. The van der Waals surface area contributed by atoms with E-state index in [1.165, 1.54) is 10.6 Å². The molecule has 0 aliphatic heterocycles. The summed E-state index contributed by atoms with van der Waals surface area (Å²) in [5.41, 5.74) is 4.31. The van der Waals surface area contributed by atoms with Crippen LogP contribution in [0.15, 0.2) is 53.3 Å². The predicted molar refractivity (Wildman–Crippen MR) is 121 cm³/mol. The van der Waals surface area contributed by atoms with E-state index in [4.69, 9.17) is 4.74 Å². The molecule has 0 bridgehead atoms. The molecule has 31 heavy (non-hydrogen) atoms. The fraction of sp³-hybridized carbons (Fsp3) is 0.174. The molecule has 0 aliphatic carbocycles. The Morgan fingerprint density at radius 2 is 1.84 bits per heavy atom. The molecule has 1 amide bonds. The first kappa shape index (κ1) is 20.2. The second-order valence-electron chi connectivity index (χ2n) is 7.31. The van der Waals surface area contributed by atoms with Gasteiger partial charge in [0, 0.05) is 23.1 Å². The van der Waals surface area contributed by atoms with Gasteiger partial charge >= 0.3 is 0 Å². The summed E-state index contributed by atoms with van der Waals surface area (Å²) in [6.07, 6.45) is 0. The second kappa shape index (κ2) is 7.98. The molecular weight excluding hydrogens is 394 g/mol. The standard InChI is InChI=1S/C23H23N5O3/c1-13-6-5-7-18(15(13)3)26-21-20(22-24-14(2)12-19(29)28(22)27-21)23(30)25-16-8-10-17(31-4)11-9-16/h5-12,26-27H,1-4H3,(H,25,30). The number of carbonyl (C=O) groups excluding carboxylic acids is 1. The van der Waals surface area contributed by atoms with Crippen molar-refractivity contribution in [1.29, 1.82) is 0 Å². The van der Waals surface area contributed by atoms with Crippen LogP contribution < -0.4 is 20.9 Å². The number of amides is 1. The van der Waals surface area contributed by atoms with Crippen LogP contribution >= 0.6 is 0 Å². The van der Waals surface area contributed by atoms with Crippen LogP contribution in [-0.4, -0.2) is 27.6 Å². The molecule has 0 spiro atoms. The van der Waals surface area contributed by atoms with Gasteiger partial charge in [0.05, 0.1) is 7.11 Å². The average molecular weight is 417 g/mol. The molecule has 8 heteroatoms. The number of aromatic amines is 1. The molecular formula is C23H23N5O3. The normalized spacial score (nSPS) is 10.8. The number of anilines is 3. The molecule has 0 saturated carbocycles. The van der Waals surface area contributed by atoms with Crippen molar-refractivity contribution in [3.63, 3.8) is 0 Å². The van der Waals surface area contributed by atoms with Gasteiger partial charge in [0.1, 0.15) is 17.1 Å². The summed E-state index contributed by atoms with van der Waals surface area (Å²) in [5, 5.41) is 9.13. The monoisotopic (exact) mass is 417 g/mol. The molecule has 2 heterocycles. The largest absolute Gasteiger partial charge is 0.497 e. The van der Waals surface area contributed by atoms with Crippen LogP contribution in [0.5, 0.6) is 5.75 Å². The van der Waals surface area contributed by atoms with Crippen LogP contribution in [-0.2, 0) is 0 Å². The highest BCUT2D eigenvalue weighted by molar-refractivity contribution is 6.12. The Kier molecular flexibility index (Phi) is 5.21. The van der Waals surface area contributed by atoms with Crippen molar-refractivity contribution in [1.82, 2.24) is 14.6 Å². The van der Waals surface area contributed by atoms with Crippen LogP contribution in [0.2, 0.25) is 0 Å². The van der Waals surface area contributed by atoms with Gasteiger partial charge in [0.15, 0.2) is 5.65 Å². The highest BCUT2D eigenvalue weighted by atomic mass is 16.5. The van der Waals surface area contributed by atoms with Crippen molar-refractivity contribution in [3.05, 3.63) is 81.3 Å². The molecule has 158 valence electrons. The van der Waals surface area contributed by atoms with Crippen molar-refractivity contribution in [2.45, 2.75) is 20.8 Å². The number of benzene rings is 2. The lowest BCUT2D eigenvalue weighted by Gasteiger charge is -2.12. The number of aryl methyl sites for hydroxylation is 2. The highest BCUT2D eigenvalue weighted by Crippen LogP contribution is 2.27. The van der Waals surface area contributed by atoms with Crippen molar-refractivity contribution in [2.24, 2.45) is 0 Å². The van der Waals surface area contributed by atoms with Crippen molar-refractivity contribution in [3.8, 4) is 5.75 Å². The Hall–Kier alpha value is -4.07. The van der Waals surface area contributed by atoms with Gasteiger partial charge in [0.25, 0.3) is 11.5 Å². The SMILES string of the molecule is COc1ccc(NC(=O)c2c(Nc3cccc(C)c3C)[nH]n3c(=O)cc(C)nc23)cc1. The summed E-state index contributed by atoms with van der Waals surface area (Å²) in [4.78, 5) is 30.2. The molecule has 3 N–H and O–H groups in total. The van der Waals surface area contributed by atoms with Crippen LogP contribution in [0.1, 0.15) is 27.2 Å². The number of rotatable bonds is 5. The summed E-state index contributed by atoms with van der Waals surface area (Å²) in [6.45, 7) is 5.72. The van der Waals surface area contributed by atoms with Gasteiger partial charge in [-0.15, -0.1) is 0 Å². The van der Waals surface area contributed by atoms with Gasteiger partial charge in [-0.2, -0.15) is 4.52 Å². The molecule has 4 rings (SSSR count). The quantitative estimate of drug-likeness (QED) is 0.456. The van der Waals surface area contributed by atoms with E-state index in [-0.39, 0.29) is 16.8 Å². The maximum Gasteiger partial charge on any atom is 0.272 e. The third kappa shape index (κ3) is 3.87. The van der Waals surface area contributed by atoms with Crippen molar-refractivity contribution < 1.29 is 9.53 Å². The van der Waals surface area contributed by atoms with Gasteiger partial charge in [-0.05, 0) is 62.2 Å². The highest BCUT2D eigenvalue weighted by Gasteiger charge is 2.22. The number of hydrogen-bond donors (Lipinski definition) is 3. The van der Waals surface area contributed by atoms with Gasteiger partial charge in [-0.3, -0.25) is 14.7 Å². The van der Waals surface area contributed by atoms with Gasteiger partial charge < -0.3 is 15.4 Å². The summed E-state index contributed by atoms with van der Waals surface area (Å²) in [7, 11) is 1.58. The summed E-state index contributed by atoms with van der Waals surface area (Å²) >= 11 is 0. The molecule has 4 aromatic rings. The molecule has 0 saturated heterocycles. The van der Waals surface area contributed by atoms with E-state index in [2.05, 4.69) is 20.7 Å². The van der Waals surface area contributed by atoms with Gasteiger partial charge in [-0.25, -0.2) is 4.98 Å². The molecule has 0 fully saturated rings. The third-order valence-corrected chi connectivity index (χ3v) is 5.18. The number of ether oxygens (including phenoxy) is 1. The van der Waals surface area contributed by atoms with E-state index in [1.807, 2.05) is 32.0 Å². The molecule has 0 unspecified atom stereocenters. The summed E-state index contributed by atoms with van der Waals surface area (Å²) < 4.78 is 6.43. The number of hydrogen-bond acceptors (Lipinski definition) is 5. The predicted octanol–water partition coefficient (Wildman–Crippen LogP) is 3.95. The molecule has 8 nitrogen and oxygen atoms in total. The average Bonchev–Trinajstić information content (AvgIpc) is 3.10. The Bertz CT molecular complexity index is 1340. The zero-order valence-electron chi connectivity index (χ0n) is 17.7. The second-order valence-corrected chi connectivity index (χ2v) is 7.31. The molecule has 0 radical (unpaired) electrons. The van der Waals surface area contributed by atoms with E-state index in [0.717, 1.165) is 16.8 Å². The smallest absolute Gasteiger partial charge is 0.272 e. The number of aromatic nitrogens is 3. The van der Waals surface area contributed by atoms with E-state index in [9.17, 15) is 9.59 Å². The van der Waals surface area contributed by atoms with Crippen LogP contribution in [0.4, 0.5) is 17.2 Å². The van der Waals surface area contributed by atoms with Crippen molar-refractivity contribution in [2.75, 3.05) is 17.7 Å². The minimum absolute atomic E-state index is 0.248. The Morgan fingerprint density at radius 3 is 2.55 bits per heavy atom. The fourth-order valence-electron chi connectivity index (χ4n) is 3.35. The van der Waals surface area contributed by atoms with E-state index in [1.54, 1.807) is 38.3 Å². The van der Waals surface area contributed by atoms with Gasteiger partial charge in [0.2, 0.25) is 0 Å². The summed E-state index contributed by atoms with van der Waals surface area (Å²) in [6, 6.07) is 14.3. The van der Waals surface area contributed by atoms with Crippen LogP contribution in [0, 0.1) is 20.8 Å². The van der Waals surface area contributed by atoms with Gasteiger partial charge in [-0.1, -0.05) is 12.1 Å². The molecule has 0 atom stereocenters. The lowest BCUT2D eigenvalue weighted by atomic mass is 10.1. The summed E-state index contributed by atoms with van der Waals surface area (Å²) in [5.74, 6) is 0.676. The third-order valence-electron chi connectivity index (χ3n) is 5.18. The van der Waals surface area contributed by atoms with Crippen LogP contribution in [0.25, 0.3) is 5.65 Å². The van der Waals surface area contributed by atoms with E-state index < -0.39 is 5.91 Å². The first-order valence-electron chi connectivity index (χ1n) is 9.78. The number of methoxy groups -OCH3 is 1. The minimum atomic E-state index is -0.394. The van der Waals surface area contributed by atoms with Crippen LogP contribution in [0.3, 0.4) is 0 Å².